The third kappa shape index (κ3) is 4.87. The zero-order valence-electron chi connectivity index (χ0n) is 14.4. The predicted molar refractivity (Wildman–Crippen MR) is 91.6 cm³/mol. The number of nitrogens with zero attached hydrogens (tertiary/aromatic N) is 4. The van der Waals surface area contributed by atoms with Crippen LogP contribution in [0.3, 0.4) is 0 Å². The van der Waals surface area contributed by atoms with E-state index in [9.17, 15) is 10.1 Å². The molecule has 1 aromatic rings. The number of hydrogen-bond donors (Lipinski definition) is 2. The van der Waals surface area contributed by atoms with Crippen molar-refractivity contribution >= 4 is 11.7 Å². The molecule has 1 aliphatic carbocycles. The Balaban J connectivity index is 1.45. The van der Waals surface area contributed by atoms with Gasteiger partial charge in [-0.05, 0) is 37.8 Å². The maximum Gasteiger partial charge on any atom is 0.235 e. The Kier molecular flexibility index (Phi) is 5.46. The predicted octanol–water partition coefficient (Wildman–Crippen LogP) is 0.398. The Hall–Kier alpha value is -2.24. The van der Waals surface area contributed by atoms with Gasteiger partial charge in [-0.2, -0.15) is 10.4 Å². The molecule has 1 aromatic heterocycles. The lowest BCUT2D eigenvalue weighted by atomic mass is 9.98. The molecule has 2 heterocycles. The molecule has 2 atom stereocenters. The second-order valence-electron chi connectivity index (χ2n) is 6.85. The van der Waals surface area contributed by atoms with E-state index in [1.165, 1.54) is 0 Å². The highest BCUT2D eigenvalue weighted by atomic mass is 16.5. The quantitative estimate of drug-likeness (QED) is 0.738. The van der Waals surface area contributed by atoms with Crippen LogP contribution >= 0.6 is 0 Å². The van der Waals surface area contributed by atoms with E-state index >= 15 is 0 Å². The summed E-state index contributed by atoms with van der Waals surface area (Å²) < 4.78 is 5.75. The van der Waals surface area contributed by atoms with Gasteiger partial charge >= 0.3 is 0 Å². The molecule has 0 spiro atoms. The van der Waals surface area contributed by atoms with Crippen molar-refractivity contribution in [3.8, 4) is 6.07 Å². The van der Waals surface area contributed by atoms with E-state index in [-0.39, 0.29) is 24.5 Å². The molecule has 1 saturated heterocycles. The van der Waals surface area contributed by atoms with Gasteiger partial charge in [-0.3, -0.25) is 9.69 Å². The molecule has 0 radical (unpaired) electrons. The Labute approximate surface area is 147 Å². The SMILES string of the molecule is C[C@@](C#N)(NC(=O)CN1CCO[C@@H](CNc2cccnn2)C1)C1CC1. The molecule has 2 aliphatic rings. The van der Waals surface area contributed by atoms with E-state index in [4.69, 9.17) is 4.74 Å². The number of nitrogens with one attached hydrogen (secondary N) is 2. The summed E-state index contributed by atoms with van der Waals surface area (Å²) in [6, 6.07) is 5.93. The number of ether oxygens (including phenoxy) is 1. The third-order valence-corrected chi connectivity index (χ3v) is 4.70. The number of amides is 1. The molecular weight excluding hydrogens is 320 g/mol. The fraction of sp³-hybridized carbons (Fsp3) is 0.647. The summed E-state index contributed by atoms with van der Waals surface area (Å²) in [6.07, 6.45) is 3.63. The first-order valence-electron chi connectivity index (χ1n) is 8.67. The molecule has 2 fully saturated rings. The molecule has 8 heteroatoms. The van der Waals surface area contributed by atoms with Crippen LogP contribution in [0.5, 0.6) is 0 Å². The number of anilines is 1. The third-order valence-electron chi connectivity index (χ3n) is 4.70. The summed E-state index contributed by atoms with van der Waals surface area (Å²) >= 11 is 0. The summed E-state index contributed by atoms with van der Waals surface area (Å²) in [5.74, 6) is 0.892. The summed E-state index contributed by atoms with van der Waals surface area (Å²) in [7, 11) is 0. The highest BCUT2D eigenvalue weighted by molar-refractivity contribution is 5.79. The van der Waals surface area contributed by atoms with Gasteiger partial charge in [0, 0.05) is 25.8 Å². The van der Waals surface area contributed by atoms with E-state index in [1.807, 2.05) is 19.1 Å². The first kappa shape index (κ1) is 17.6. The molecule has 0 unspecified atom stereocenters. The topological polar surface area (TPSA) is 103 Å². The average molecular weight is 344 g/mol. The molecule has 1 amide bonds. The minimum absolute atomic E-state index is 0.0191. The summed E-state index contributed by atoms with van der Waals surface area (Å²) in [4.78, 5) is 14.4. The Bertz CT molecular complexity index is 630. The van der Waals surface area contributed by atoms with Crippen molar-refractivity contribution < 1.29 is 9.53 Å². The van der Waals surface area contributed by atoms with Gasteiger partial charge in [0.25, 0.3) is 0 Å². The van der Waals surface area contributed by atoms with E-state index in [0.29, 0.717) is 32.1 Å². The highest BCUT2D eigenvalue weighted by Gasteiger charge is 2.43. The maximum absolute atomic E-state index is 12.3. The van der Waals surface area contributed by atoms with Gasteiger partial charge in [-0.1, -0.05) is 0 Å². The number of rotatable bonds is 7. The molecule has 1 aliphatic heterocycles. The van der Waals surface area contributed by atoms with Crippen molar-refractivity contribution in [3.05, 3.63) is 18.3 Å². The average Bonchev–Trinajstić information content (AvgIpc) is 3.46. The Morgan fingerprint density at radius 1 is 1.56 bits per heavy atom. The van der Waals surface area contributed by atoms with Crippen LogP contribution in [-0.2, 0) is 9.53 Å². The summed E-state index contributed by atoms with van der Waals surface area (Å²) in [5.41, 5.74) is -0.740. The van der Waals surface area contributed by atoms with Gasteiger partial charge in [0.2, 0.25) is 5.91 Å². The lowest BCUT2D eigenvalue weighted by Gasteiger charge is -2.33. The largest absolute Gasteiger partial charge is 0.374 e. The van der Waals surface area contributed by atoms with Crippen molar-refractivity contribution in [2.45, 2.75) is 31.4 Å². The van der Waals surface area contributed by atoms with Gasteiger partial charge in [0.15, 0.2) is 0 Å². The van der Waals surface area contributed by atoms with Gasteiger partial charge in [-0.25, -0.2) is 0 Å². The number of carbonyl (C=O) groups excluding carboxylic acids is 1. The van der Waals surface area contributed by atoms with Crippen molar-refractivity contribution in [2.75, 3.05) is 38.1 Å². The minimum Gasteiger partial charge on any atom is -0.374 e. The fourth-order valence-corrected chi connectivity index (χ4v) is 3.08. The maximum atomic E-state index is 12.3. The molecule has 0 bridgehead atoms. The zero-order valence-corrected chi connectivity index (χ0v) is 14.4. The fourth-order valence-electron chi connectivity index (χ4n) is 3.08. The normalized spacial score (nSPS) is 23.3. The molecule has 3 rings (SSSR count). The number of morpholine rings is 1. The van der Waals surface area contributed by atoms with Gasteiger partial charge in [0.05, 0.1) is 25.3 Å². The molecule has 25 heavy (non-hydrogen) atoms. The zero-order chi connectivity index (χ0) is 17.7. The Morgan fingerprint density at radius 2 is 2.40 bits per heavy atom. The lowest BCUT2D eigenvalue weighted by molar-refractivity contribution is -0.125. The number of carbonyl (C=O) groups is 1. The Morgan fingerprint density at radius 3 is 3.08 bits per heavy atom. The van der Waals surface area contributed by atoms with Gasteiger partial charge in [0.1, 0.15) is 11.4 Å². The first-order chi connectivity index (χ1) is 12.1. The molecular formula is C17H24N6O2. The van der Waals surface area contributed by atoms with Gasteiger partial charge in [-0.15, -0.1) is 5.10 Å². The molecule has 134 valence electrons. The monoisotopic (exact) mass is 344 g/mol. The van der Waals surface area contributed by atoms with Crippen LogP contribution in [0.2, 0.25) is 0 Å². The van der Waals surface area contributed by atoms with E-state index in [1.54, 1.807) is 6.20 Å². The van der Waals surface area contributed by atoms with E-state index in [2.05, 4.69) is 31.8 Å². The van der Waals surface area contributed by atoms with Crippen LogP contribution in [0.15, 0.2) is 18.3 Å². The van der Waals surface area contributed by atoms with Crippen LogP contribution in [0, 0.1) is 17.2 Å². The number of hydrogen-bond acceptors (Lipinski definition) is 7. The second-order valence-corrected chi connectivity index (χ2v) is 6.85. The molecule has 8 nitrogen and oxygen atoms in total. The van der Waals surface area contributed by atoms with Gasteiger partial charge < -0.3 is 15.4 Å². The van der Waals surface area contributed by atoms with Crippen LogP contribution in [0.1, 0.15) is 19.8 Å². The van der Waals surface area contributed by atoms with Crippen molar-refractivity contribution in [3.63, 3.8) is 0 Å². The van der Waals surface area contributed by atoms with Crippen LogP contribution in [-0.4, -0.2) is 65.4 Å². The van der Waals surface area contributed by atoms with Crippen molar-refractivity contribution in [1.82, 2.24) is 20.4 Å². The van der Waals surface area contributed by atoms with E-state index in [0.717, 1.165) is 12.8 Å². The lowest BCUT2D eigenvalue weighted by Crippen LogP contribution is -2.53. The molecule has 1 saturated carbocycles. The van der Waals surface area contributed by atoms with Crippen LogP contribution in [0.4, 0.5) is 5.82 Å². The molecule has 2 N–H and O–H groups in total. The second kappa shape index (κ2) is 7.76. The highest BCUT2D eigenvalue weighted by Crippen LogP contribution is 2.39. The number of nitriles is 1. The van der Waals surface area contributed by atoms with Crippen molar-refractivity contribution in [1.29, 1.82) is 5.26 Å². The minimum atomic E-state index is -0.740. The molecule has 0 aromatic carbocycles. The summed E-state index contributed by atoms with van der Waals surface area (Å²) in [5, 5.41) is 23.3. The number of aromatic nitrogens is 2. The van der Waals surface area contributed by atoms with E-state index < -0.39 is 5.54 Å². The first-order valence-corrected chi connectivity index (χ1v) is 8.67. The smallest absolute Gasteiger partial charge is 0.235 e. The van der Waals surface area contributed by atoms with Crippen molar-refractivity contribution in [2.24, 2.45) is 5.92 Å². The van der Waals surface area contributed by atoms with Crippen LogP contribution in [0.25, 0.3) is 0 Å². The summed E-state index contributed by atoms with van der Waals surface area (Å²) in [6.45, 7) is 4.66. The van der Waals surface area contributed by atoms with Crippen LogP contribution < -0.4 is 10.6 Å². The standard InChI is InChI=1S/C17H24N6O2/c1-17(12-18,13-4-5-13)21-16(24)11-23-7-8-25-14(10-23)9-19-15-3-2-6-20-22-15/h2-3,6,13-14H,4-5,7-11H2,1H3,(H,19,22)(H,21,24)/t14-,17-/m0/s1.